The van der Waals surface area contributed by atoms with Gasteiger partial charge in [0.15, 0.2) is 25.2 Å². The highest BCUT2D eigenvalue weighted by Crippen LogP contribution is 2.34. The summed E-state index contributed by atoms with van der Waals surface area (Å²) in [6, 6.07) is -4.64. The SMILES string of the molecule is CC(=O)N[C@@H]1[C@@H](O)[C@H](O[C@@H]2O[C@H](CO)[C@@H](O[C@@H]3O[C@H](CO)[C@@H](O[C@@H]4O[C@H](CO)[C@H](O)[C@H](O)[C@H]4O)[C@H](O)[C@H]3NC(C)=O)[C@H](O)[C@H]2NC(C)=O)[C@@H](CO)O[C@H]1O. The number of amides is 3. The van der Waals surface area contributed by atoms with Crippen LogP contribution in [0.5, 0.6) is 0 Å². The van der Waals surface area contributed by atoms with Gasteiger partial charge in [-0.3, -0.25) is 14.4 Å². The van der Waals surface area contributed by atoms with Gasteiger partial charge in [0.2, 0.25) is 17.7 Å². The van der Waals surface area contributed by atoms with Gasteiger partial charge in [0.1, 0.15) is 97.5 Å². The number of carbonyl (C=O) groups is 3. The van der Waals surface area contributed by atoms with Gasteiger partial charge < -0.3 is 105 Å². The minimum Gasteiger partial charge on any atom is -0.394 e. The van der Waals surface area contributed by atoms with Crippen molar-refractivity contribution in [1.29, 1.82) is 0 Å². The molecule has 14 N–H and O–H groups in total. The molecule has 0 saturated carbocycles. The van der Waals surface area contributed by atoms with Gasteiger partial charge in [-0.1, -0.05) is 0 Å². The van der Waals surface area contributed by atoms with Crippen molar-refractivity contribution in [2.75, 3.05) is 26.4 Å². The molecule has 4 aliphatic heterocycles. The van der Waals surface area contributed by atoms with Crippen molar-refractivity contribution < 1.29 is 104 Å². The highest BCUT2D eigenvalue weighted by atomic mass is 16.8. The lowest BCUT2D eigenvalue weighted by Gasteiger charge is -2.50. The predicted octanol–water partition coefficient (Wildman–Crippen LogP) is -9.32. The van der Waals surface area contributed by atoms with E-state index in [9.17, 15) is 70.6 Å². The summed E-state index contributed by atoms with van der Waals surface area (Å²) >= 11 is 0. The van der Waals surface area contributed by atoms with Crippen LogP contribution in [0.2, 0.25) is 0 Å². The Labute approximate surface area is 307 Å². The highest BCUT2D eigenvalue weighted by molar-refractivity contribution is 5.74. The van der Waals surface area contributed by atoms with Gasteiger partial charge in [-0.2, -0.15) is 0 Å². The lowest BCUT2D eigenvalue weighted by atomic mass is 9.93. The zero-order valence-corrected chi connectivity index (χ0v) is 29.4. The molecular weight excluding hydrogens is 738 g/mol. The first-order valence-corrected chi connectivity index (χ1v) is 17.1. The third-order valence-electron chi connectivity index (χ3n) is 9.41. The number of carbonyl (C=O) groups excluding carboxylic acids is 3. The van der Waals surface area contributed by atoms with Crippen LogP contribution in [0.25, 0.3) is 0 Å². The number of ether oxygens (including phenoxy) is 7. The Morgan fingerprint density at radius 1 is 0.444 bits per heavy atom. The van der Waals surface area contributed by atoms with Gasteiger partial charge in [-0.05, 0) is 0 Å². The second kappa shape index (κ2) is 19.2. The Morgan fingerprint density at radius 2 is 0.778 bits per heavy atom. The molecule has 0 spiro atoms. The molecule has 0 bridgehead atoms. The third kappa shape index (κ3) is 9.79. The number of aliphatic hydroxyl groups is 11. The van der Waals surface area contributed by atoms with E-state index in [2.05, 4.69) is 16.0 Å². The molecular formula is C30H51N3O21. The molecule has 0 aromatic rings. The van der Waals surface area contributed by atoms with Crippen LogP contribution in [0.15, 0.2) is 0 Å². The first-order chi connectivity index (χ1) is 25.5. The van der Waals surface area contributed by atoms with Crippen molar-refractivity contribution in [1.82, 2.24) is 16.0 Å². The molecule has 0 aromatic carbocycles. The summed E-state index contributed by atoms with van der Waals surface area (Å²) in [6.45, 7) is -0.198. The first kappa shape index (κ1) is 44.4. The molecule has 312 valence electrons. The maximum Gasteiger partial charge on any atom is 0.217 e. The van der Waals surface area contributed by atoms with Gasteiger partial charge in [-0.25, -0.2) is 0 Å². The normalized spacial score (nSPS) is 45.7. The van der Waals surface area contributed by atoms with Crippen LogP contribution < -0.4 is 16.0 Å². The van der Waals surface area contributed by atoms with Crippen LogP contribution >= 0.6 is 0 Å². The molecule has 3 amide bonds. The van der Waals surface area contributed by atoms with E-state index in [1.54, 1.807) is 0 Å². The molecule has 4 fully saturated rings. The molecule has 4 saturated heterocycles. The Bertz CT molecular complexity index is 1250. The van der Waals surface area contributed by atoms with Gasteiger partial charge >= 0.3 is 0 Å². The fraction of sp³-hybridized carbons (Fsp3) is 0.900. The van der Waals surface area contributed by atoms with E-state index >= 15 is 0 Å². The van der Waals surface area contributed by atoms with E-state index in [-0.39, 0.29) is 0 Å². The van der Waals surface area contributed by atoms with Crippen LogP contribution in [-0.4, -0.2) is 223 Å². The largest absolute Gasteiger partial charge is 0.394 e. The fourth-order valence-electron chi connectivity index (χ4n) is 6.76. The molecule has 0 aliphatic carbocycles. The van der Waals surface area contributed by atoms with Crippen molar-refractivity contribution in [2.45, 2.75) is 143 Å². The lowest BCUT2D eigenvalue weighted by molar-refractivity contribution is -0.367. The van der Waals surface area contributed by atoms with E-state index in [1.165, 1.54) is 0 Å². The number of hydrogen-bond donors (Lipinski definition) is 14. The molecule has 0 unspecified atom stereocenters. The molecule has 54 heavy (non-hydrogen) atoms. The van der Waals surface area contributed by atoms with Crippen molar-refractivity contribution in [3.05, 3.63) is 0 Å². The molecule has 0 aromatic heterocycles. The minimum absolute atomic E-state index is 0.661. The predicted molar refractivity (Wildman–Crippen MR) is 169 cm³/mol. The van der Waals surface area contributed by atoms with Gasteiger partial charge in [0, 0.05) is 20.8 Å². The van der Waals surface area contributed by atoms with Crippen LogP contribution in [0.1, 0.15) is 20.8 Å². The second-order valence-corrected chi connectivity index (χ2v) is 13.3. The quantitative estimate of drug-likeness (QED) is 0.0823. The molecule has 4 aliphatic rings. The van der Waals surface area contributed by atoms with Crippen LogP contribution in [0, 0.1) is 0 Å². The fourth-order valence-corrected chi connectivity index (χ4v) is 6.76. The number of nitrogens with one attached hydrogen (secondary N) is 3. The Kier molecular flexibility index (Phi) is 15.8. The average molecular weight is 790 g/mol. The van der Waals surface area contributed by atoms with Gasteiger partial charge in [0.05, 0.1) is 26.4 Å². The molecule has 4 rings (SSSR count). The number of hydrogen-bond acceptors (Lipinski definition) is 21. The maximum atomic E-state index is 12.3. The molecule has 0 radical (unpaired) electrons. The molecule has 24 nitrogen and oxygen atoms in total. The molecule has 24 heteroatoms. The monoisotopic (exact) mass is 789 g/mol. The van der Waals surface area contributed by atoms with Crippen molar-refractivity contribution in [3.8, 4) is 0 Å². The highest BCUT2D eigenvalue weighted by Gasteiger charge is 2.56. The summed E-state index contributed by atoms with van der Waals surface area (Å²) < 4.78 is 39.9. The Balaban J connectivity index is 1.59. The minimum atomic E-state index is -1.92. The van der Waals surface area contributed by atoms with E-state index < -0.39 is 167 Å². The van der Waals surface area contributed by atoms with Gasteiger partial charge in [0.25, 0.3) is 0 Å². The lowest BCUT2D eigenvalue weighted by Crippen LogP contribution is -2.71. The van der Waals surface area contributed by atoms with Crippen molar-refractivity contribution in [3.63, 3.8) is 0 Å². The van der Waals surface area contributed by atoms with Gasteiger partial charge in [-0.15, -0.1) is 0 Å². The second-order valence-electron chi connectivity index (χ2n) is 13.3. The zero-order valence-electron chi connectivity index (χ0n) is 29.4. The summed E-state index contributed by atoms with van der Waals surface area (Å²) in [5.74, 6) is -2.15. The third-order valence-corrected chi connectivity index (χ3v) is 9.41. The first-order valence-electron chi connectivity index (χ1n) is 17.1. The van der Waals surface area contributed by atoms with E-state index in [0.717, 1.165) is 20.8 Å². The van der Waals surface area contributed by atoms with Crippen LogP contribution in [-0.2, 0) is 47.5 Å². The maximum absolute atomic E-state index is 12.3. The number of rotatable bonds is 13. The zero-order chi connectivity index (χ0) is 40.2. The summed E-state index contributed by atoms with van der Waals surface area (Å²) in [6.07, 6.45) is -29.0. The standard InChI is InChI=1S/C30H51N3O21/c1-8(38)31-15-19(42)24(12(5-35)48-27(15)47)52-28-16(32-9(2)39)20(43)25(13(6-36)50-28)53-29-17(33-10(3)40)21(44)26(14(7-37)51-29)54-30-23(46)22(45)18(41)11(4-34)49-30/h11-30,34-37,41-47H,4-7H2,1-3H3,(H,31,38)(H,32,39)(H,33,40)/t11-,12-,13-,14-,15-,16-,17-,18+,19-,20-,21-,22+,23-,24-,25-,26-,27-,28+,29+,30+/m1/s1. The van der Waals surface area contributed by atoms with E-state index in [4.69, 9.17) is 33.2 Å². The Hall–Kier alpha value is -2.31. The topological polar surface area (TPSA) is 374 Å². The molecule has 20 atom stereocenters. The number of aliphatic hydroxyl groups excluding tert-OH is 11. The van der Waals surface area contributed by atoms with Crippen molar-refractivity contribution >= 4 is 17.7 Å². The summed E-state index contributed by atoms with van der Waals surface area (Å²) in [5, 5.41) is 122. The molecule has 4 heterocycles. The smallest absolute Gasteiger partial charge is 0.217 e. The summed E-state index contributed by atoms with van der Waals surface area (Å²) in [7, 11) is 0. The van der Waals surface area contributed by atoms with Crippen molar-refractivity contribution in [2.24, 2.45) is 0 Å². The summed E-state index contributed by atoms with van der Waals surface area (Å²) in [5.41, 5.74) is 0. The van der Waals surface area contributed by atoms with Crippen LogP contribution in [0.3, 0.4) is 0 Å². The summed E-state index contributed by atoms with van der Waals surface area (Å²) in [4.78, 5) is 36.3. The average Bonchev–Trinajstić information content (AvgIpc) is 3.12. The van der Waals surface area contributed by atoms with E-state index in [1.807, 2.05) is 0 Å². The van der Waals surface area contributed by atoms with Crippen LogP contribution in [0.4, 0.5) is 0 Å². The van der Waals surface area contributed by atoms with E-state index in [0.29, 0.717) is 0 Å². The Morgan fingerprint density at radius 3 is 1.17 bits per heavy atom.